The fourth-order valence-corrected chi connectivity index (χ4v) is 2.81. The quantitative estimate of drug-likeness (QED) is 0.593. The van der Waals surface area contributed by atoms with E-state index in [1.165, 1.54) is 12.1 Å². The second-order valence-corrected chi connectivity index (χ2v) is 6.44. The molecule has 0 bridgehead atoms. The third kappa shape index (κ3) is 4.40. The standard InChI is InChI=1S/C17H13BrF2N4S/c18-12-10-24(9-11-5-1-2-6-13(11)19)23-16(12)22-17(25)21-15-8-4-3-7-14(15)20/h1-8,10H,9H2,(H2,21,22,23,25). The molecule has 0 radical (unpaired) electrons. The summed E-state index contributed by atoms with van der Waals surface area (Å²) in [6.45, 7) is 0.278. The Hall–Kier alpha value is -2.32. The van der Waals surface area contributed by atoms with Crippen molar-refractivity contribution in [1.82, 2.24) is 9.78 Å². The zero-order valence-electron chi connectivity index (χ0n) is 12.8. The molecule has 0 unspecified atom stereocenters. The summed E-state index contributed by atoms with van der Waals surface area (Å²) in [5.74, 6) is -0.249. The van der Waals surface area contributed by atoms with E-state index in [1.807, 2.05) is 0 Å². The SMILES string of the molecule is Fc1ccccc1Cn1cc(Br)c(NC(=S)Nc2ccccc2F)n1. The van der Waals surface area contributed by atoms with Gasteiger partial charge in [-0.2, -0.15) is 5.10 Å². The van der Waals surface area contributed by atoms with Crippen molar-refractivity contribution in [1.29, 1.82) is 0 Å². The molecule has 25 heavy (non-hydrogen) atoms. The first-order chi connectivity index (χ1) is 12.0. The molecule has 0 fully saturated rings. The van der Waals surface area contributed by atoms with Crippen molar-refractivity contribution in [2.45, 2.75) is 6.54 Å². The first-order valence-corrected chi connectivity index (χ1v) is 8.52. The van der Waals surface area contributed by atoms with Gasteiger partial charge in [0.05, 0.1) is 16.7 Å². The van der Waals surface area contributed by atoms with Crippen LogP contribution in [0.15, 0.2) is 59.2 Å². The number of benzene rings is 2. The summed E-state index contributed by atoms with van der Waals surface area (Å²) in [5.41, 5.74) is 0.790. The Bertz CT molecular complexity index is 913. The average Bonchev–Trinajstić information content (AvgIpc) is 2.91. The molecule has 0 spiro atoms. The van der Waals surface area contributed by atoms with Gasteiger partial charge in [-0.1, -0.05) is 30.3 Å². The molecule has 0 amide bonds. The van der Waals surface area contributed by atoms with Crippen LogP contribution < -0.4 is 10.6 Å². The molecule has 2 N–H and O–H groups in total. The van der Waals surface area contributed by atoms with Gasteiger partial charge in [-0.3, -0.25) is 4.68 Å². The highest BCUT2D eigenvalue weighted by Gasteiger charge is 2.11. The van der Waals surface area contributed by atoms with E-state index in [4.69, 9.17) is 12.2 Å². The molecule has 2 aromatic carbocycles. The van der Waals surface area contributed by atoms with Gasteiger partial charge in [-0.25, -0.2) is 8.78 Å². The average molecular weight is 423 g/mol. The van der Waals surface area contributed by atoms with E-state index in [0.717, 1.165) is 0 Å². The largest absolute Gasteiger partial charge is 0.330 e. The number of anilines is 2. The van der Waals surface area contributed by atoms with Gasteiger partial charge in [-0.15, -0.1) is 0 Å². The number of para-hydroxylation sites is 1. The zero-order chi connectivity index (χ0) is 17.8. The molecule has 0 atom stereocenters. The molecule has 4 nitrogen and oxygen atoms in total. The predicted molar refractivity (Wildman–Crippen MR) is 102 cm³/mol. The maximum Gasteiger partial charge on any atom is 0.176 e. The Balaban J connectivity index is 1.69. The maximum absolute atomic E-state index is 13.7. The van der Waals surface area contributed by atoms with Crippen LogP contribution in [0.1, 0.15) is 5.56 Å². The van der Waals surface area contributed by atoms with Gasteiger partial charge >= 0.3 is 0 Å². The van der Waals surface area contributed by atoms with Crippen LogP contribution in [0.2, 0.25) is 0 Å². The third-order valence-electron chi connectivity index (χ3n) is 3.36. The van der Waals surface area contributed by atoms with Crippen LogP contribution in [0.25, 0.3) is 0 Å². The molecule has 0 aliphatic heterocycles. The summed E-state index contributed by atoms with van der Waals surface area (Å²) in [4.78, 5) is 0. The molecule has 3 aromatic rings. The lowest BCUT2D eigenvalue weighted by atomic mass is 10.2. The van der Waals surface area contributed by atoms with E-state index in [9.17, 15) is 8.78 Å². The lowest BCUT2D eigenvalue weighted by Gasteiger charge is -2.09. The van der Waals surface area contributed by atoms with Crippen molar-refractivity contribution in [3.05, 3.63) is 76.4 Å². The number of halogens is 3. The van der Waals surface area contributed by atoms with Crippen LogP contribution in [0.3, 0.4) is 0 Å². The van der Waals surface area contributed by atoms with Gasteiger partial charge in [0.2, 0.25) is 0 Å². The summed E-state index contributed by atoms with van der Waals surface area (Å²) in [6, 6.07) is 12.7. The Kier molecular flexibility index (Phi) is 5.40. The molecule has 0 aliphatic carbocycles. The van der Waals surface area contributed by atoms with Crippen molar-refractivity contribution in [2.75, 3.05) is 10.6 Å². The van der Waals surface area contributed by atoms with E-state index in [1.54, 1.807) is 47.3 Å². The number of nitrogens with one attached hydrogen (secondary N) is 2. The van der Waals surface area contributed by atoms with E-state index >= 15 is 0 Å². The molecular formula is C17H13BrF2N4S. The monoisotopic (exact) mass is 422 g/mol. The second-order valence-electron chi connectivity index (χ2n) is 5.17. The van der Waals surface area contributed by atoms with Crippen molar-refractivity contribution in [2.24, 2.45) is 0 Å². The fourth-order valence-electron chi connectivity index (χ4n) is 2.19. The molecule has 8 heteroatoms. The highest BCUT2D eigenvalue weighted by Crippen LogP contribution is 2.22. The number of rotatable bonds is 4. The summed E-state index contributed by atoms with van der Waals surface area (Å²) < 4.78 is 29.6. The molecule has 1 aromatic heterocycles. The lowest BCUT2D eigenvalue weighted by molar-refractivity contribution is 0.586. The van der Waals surface area contributed by atoms with Crippen LogP contribution in [-0.2, 0) is 6.54 Å². The third-order valence-corrected chi connectivity index (χ3v) is 4.15. The summed E-state index contributed by atoms with van der Waals surface area (Å²) >= 11 is 8.55. The number of aromatic nitrogens is 2. The summed E-state index contributed by atoms with van der Waals surface area (Å²) in [5, 5.41) is 10.2. The highest BCUT2D eigenvalue weighted by molar-refractivity contribution is 9.10. The van der Waals surface area contributed by atoms with Gasteiger partial charge in [0, 0.05) is 11.8 Å². The maximum atomic E-state index is 13.7. The van der Waals surface area contributed by atoms with Crippen molar-refractivity contribution >= 4 is 44.8 Å². The molecule has 1 heterocycles. The van der Waals surface area contributed by atoms with Crippen LogP contribution in [0.4, 0.5) is 20.3 Å². The Morgan fingerprint density at radius 2 is 1.72 bits per heavy atom. The van der Waals surface area contributed by atoms with Gasteiger partial charge in [0.25, 0.3) is 0 Å². The molecule has 0 aliphatic rings. The molecular weight excluding hydrogens is 410 g/mol. The minimum absolute atomic E-state index is 0.196. The number of nitrogens with zero attached hydrogens (tertiary/aromatic N) is 2. The number of thiocarbonyl (C=S) groups is 1. The molecule has 3 rings (SSSR count). The highest BCUT2D eigenvalue weighted by atomic mass is 79.9. The van der Waals surface area contributed by atoms with E-state index in [2.05, 4.69) is 31.7 Å². The Morgan fingerprint density at radius 3 is 2.44 bits per heavy atom. The summed E-state index contributed by atoms with van der Waals surface area (Å²) in [6.07, 6.45) is 1.71. The number of hydrogen-bond acceptors (Lipinski definition) is 2. The normalized spacial score (nSPS) is 10.5. The van der Waals surface area contributed by atoms with Crippen LogP contribution in [-0.4, -0.2) is 14.9 Å². The van der Waals surface area contributed by atoms with Crippen molar-refractivity contribution in [3.8, 4) is 0 Å². The van der Waals surface area contributed by atoms with Crippen LogP contribution in [0, 0.1) is 11.6 Å². The smallest absolute Gasteiger partial charge is 0.176 e. The molecule has 0 saturated carbocycles. The van der Waals surface area contributed by atoms with E-state index in [-0.39, 0.29) is 23.2 Å². The molecule has 0 saturated heterocycles. The van der Waals surface area contributed by atoms with Gasteiger partial charge in [0.1, 0.15) is 11.6 Å². The van der Waals surface area contributed by atoms with Crippen LogP contribution >= 0.6 is 28.1 Å². The Morgan fingerprint density at radius 1 is 1.04 bits per heavy atom. The second kappa shape index (κ2) is 7.71. The van der Waals surface area contributed by atoms with E-state index < -0.39 is 5.82 Å². The van der Waals surface area contributed by atoms with Crippen molar-refractivity contribution in [3.63, 3.8) is 0 Å². The number of hydrogen-bond donors (Lipinski definition) is 2. The Labute approximate surface area is 157 Å². The van der Waals surface area contributed by atoms with Crippen molar-refractivity contribution < 1.29 is 8.78 Å². The summed E-state index contributed by atoms with van der Waals surface area (Å²) in [7, 11) is 0. The van der Waals surface area contributed by atoms with Gasteiger partial charge < -0.3 is 10.6 Å². The first-order valence-electron chi connectivity index (χ1n) is 7.32. The zero-order valence-corrected chi connectivity index (χ0v) is 15.2. The molecule has 128 valence electrons. The van der Waals surface area contributed by atoms with Gasteiger partial charge in [-0.05, 0) is 46.3 Å². The minimum atomic E-state index is -0.407. The topological polar surface area (TPSA) is 41.9 Å². The predicted octanol–water partition coefficient (Wildman–Crippen LogP) is 4.78. The fraction of sp³-hybridized carbons (Fsp3) is 0.0588. The lowest BCUT2D eigenvalue weighted by Crippen LogP contribution is -2.20. The van der Waals surface area contributed by atoms with Gasteiger partial charge in [0.15, 0.2) is 10.9 Å². The van der Waals surface area contributed by atoms with Crippen LogP contribution in [0.5, 0.6) is 0 Å². The first kappa shape index (κ1) is 17.5. The van der Waals surface area contributed by atoms with E-state index in [0.29, 0.717) is 15.9 Å². The minimum Gasteiger partial charge on any atom is -0.330 e.